The molecule has 0 saturated carbocycles. The van der Waals surface area contributed by atoms with Crippen LogP contribution in [0.5, 0.6) is 0 Å². The third-order valence-electron chi connectivity index (χ3n) is 3.45. The molecule has 5 N–H and O–H groups in total. The number of hydrogen-bond donors (Lipinski definition) is 5. The van der Waals surface area contributed by atoms with Gasteiger partial charge >= 0.3 is 5.97 Å². The number of nitrogens with zero attached hydrogens (tertiary/aromatic N) is 1. The van der Waals surface area contributed by atoms with Gasteiger partial charge in [-0.2, -0.15) is 0 Å². The molecule has 0 aromatic heterocycles. The third kappa shape index (κ3) is 7.34. The van der Waals surface area contributed by atoms with Crippen LogP contribution in [0.2, 0.25) is 0 Å². The largest absolute Gasteiger partial charge is 0.726 e. The summed E-state index contributed by atoms with van der Waals surface area (Å²) < 4.78 is 36.6. The van der Waals surface area contributed by atoms with Crippen LogP contribution in [0.25, 0.3) is 0 Å². The van der Waals surface area contributed by atoms with E-state index in [9.17, 15) is 37.9 Å². The molecule has 4 unspecified atom stereocenters. The smallest absolute Gasteiger partial charge is 0.303 e. The highest BCUT2D eigenvalue weighted by atomic mass is 32.3. The zero-order valence-electron chi connectivity index (χ0n) is 14.1. The average Bonchev–Trinajstić information content (AvgIpc) is 2.84. The van der Waals surface area contributed by atoms with Crippen LogP contribution in [0.1, 0.15) is 12.8 Å². The zero-order valence-corrected chi connectivity index (χ0v) is 16.5. The second-order valence-corrected chi connectivity index (χ2v) is 8.24. The molecule has 1 heterocycles. The molecule has 0 spiro atoms. The third-order valence-corrected chi connectivity index (χ3v) is 5.31. The van der Waals surface area contributed by atoms with Crippen molar-refractivity contribution in [3.8, 4) is 0 Å². The van der Waals surface area contributed by atoms with Crippen molar-refractivity contribution >= 4 is 50.6 Å². The Morgan fingerprint density at radius 1 is 1.36 bits per heavy atom. The van der Waals surface area contributed by atoms with E-state index < -0.39 is 53.3 Å². The molecule has 0 aliphatic carbocycles. The molecular formula is C13H18NO11S3-. The second-order valence-electron chi connectivity index (χ2n) is 5.55. The Balaban J connectivity index is 2.99. The van der Waals surface area contributed by atoms with Crippen LogP contribution < -0.4 is 0 Å². The van der Waals surface area contributed by atoms with E-state index >= 15 is 0 Å². The molecule has 12 nitrogen and oxygen atoms in total. The lowest BCUT2D eigenvalue weighted by atomic mass is 10.0. The normalized spacial score (nSPS) is 21.0. The molecule has 4 atom stereocenters. The lowest BCUT2D eigenvalue weighted by molar-refractivity contribution is -0.137. The summed E-state index contributed by atoms with van der Waals surface area (Å²) in [6.45, 7) is -1.04. The quantitative estimate of drug-likeness (QED) is 0.0938. The molecule has 0 radical (unpaired) electrons. The number of carbonyl (C=O) groups is 2. The van der Waals surface area contributed by atoms with Gasteiger partial charge in [0.2, 0.25) is 10.4 Å². The maximum absolute atomic E-state index is 12.3. The van der Waals surface area contributed by atoms with Gasteiger partial charge in [0.15, 0.2) is 0 Å². The Morgan fingerprint density at radius 2 is 1.96 bits per heavy atom. The van der Waals surface area contributed by atoms with Gasteiger partial charge in [-0.25, -0.2) is 8.42 Å². The molecule has 0 aromatic rings. The summed E-state index contributed by atoms with van der Waals surface area (Å²) in [7, 11) is -5.42. The topological polar surface area (TPSA) is 205 Å². The van der Waals surface area contributed by atoms with Gasteiger partial charge in [-0.05, 0) is 12.5 Å². The molecule has 1 aliphatic rings. The van der Waals surface area contributed by atoms with E-state index in [1.807, 2.05) is 0 Å². The fraction of sp³-hybridized carbons (Fsp3) is 0.615. The number of carboxylic acid groups (broad SMARTS) is 1. The Bertz CT molecular complexity index is 738. The predicted molar refractivity (Wildman–Crippen MR) is 96.5 cm³/mol. The van der Waals surface area contributed by atoms with Crippen LogP contribution in [0.15, 0.2) is 11.0 Å². The summed E-state index contributed by atoms with van der Waals surface area (Å²) in [6.07, 6.45) is -7.70. The second kappa shape index (κ2) is 10.6. The first-order valence-corrected chi connectivity index (χ1v) is 10.2. The lowest BCUT2D eigenvalue weighted by Gasteiger charge is -2.29. The van der Waals surface area contributed by atoms with E-state index in [1.54, 1.807) is 0 Å². The van der Waals surface area contributed by atoms with Gasteiger partial charge in [-0.15, -0.1) is 0 Å². The fourth-order valence-electron chi connectivity index (χ4n) is 2.12. The maximum atomic E-state index is 12.3. The minimum absolute atomic E-state index is 0.00881. The van der Waals surface area contributed by atoms with Crippen LogP contribution >= 0.6 is 24.0 Å². The van der Waals surface area contributed by atoms with Gasteiger partial charge in [0.05, 0.1) is 11.5 Å². The summed E-state index contributed by atoms with van der Waals surface area (Å²) >= 11 is 5.71. The number of hydrogen-bond acceptors (Lipinski definition) is 12. The van der Waals surface area contributed by atoms with Crippen molar-refractivity contribution < 1.29 is 52.3 Å². The minimum Gasteiger partial charge on any atom is -0.726 e. The molecule has 28 heavy (non-hydrogen) atoms. The van der Waals surface area contributed by atoms with Crippen molar-refractivity contribution in [3.05, 3.63) is 11.0 Å². The Kier molecular flexibility index (Phi) is 9.38. The van der Waals surface area contributed by atoms with Crippen LogP contribution in [-0.4, -0.2) is 97.2 Å². The van der Waals surface area contributed by atoms with Crippen LogP contribution in [0.3, 0.4) is 0 Å². The first-order chi connectivity index (χ1) is 12.9. The molecule has 160 valence electrons. The first kappa shape index (κ1) is 24.9. The molecule has 15 heteroatoms. The van der Waals surface area contributed by atoms with Crippen molar-refractivity contribution in [2.45, 2.75) is 37.3 Å². The van der Waals surface area contributed by atoms with Gasteiger partial charge < -0.3 is 30.1 Å². The molecule has 1 amide bonds. The fourth-order valence-corrected chi connectivity index (χ4v) is 3.94. The van der Waals surface area contributed by atoms with E-state index in [-0.39, 0.29) is 28.6 Å². The molecular weight excluding hydrogens is 442 g/mol. The van der Waals surface area contributed by atoms with Crippen LogP contribution in [0.4, 0.5) is 0 Å². The summed E-state index contributed by atoms with van der Waals surface area (Å²) in [5.41, 5.74) is 0. The number of carbonyl (C=O) groups excluding carboxylic acids is 1. The number of carboxylic acids is 1. The summed E-state index contributed by atoms with van der Waals surface area (Å²) in [5.74, 6) is -1.77. The van der Waals surface area contributed by atoms with Gasteiger partial charge in [0, 0.05) is 13.0 Å². The highest BCUT2D eigenvalue weighted by Crippen LogP contribution is 2.32. The number of aliphatic carboxylic acids is 1. The molecule has 1 fully saturated rings. The number of amides is 1. The average molecular weight is 460 g/mol. The van der Waals surface area contributed by atoms with E-state index in [0.29, 0.717) is 11.8 Å². The van der Waals surface area contributed by atoms with Crippen molar-refractivity contribution in [2.24, 2.45) is 0 Å². The minimum atomic E-state index is -5.42. The van der Waals surface area contributed by atoms with Crippen LogP contribution in [0, 0.1) is 0 Å². The van der Waals surface area contributed by atoms with Gasteiger partial charge in [0.1, 0.15) is 28.7 Å². The highest BCUT2D eigenvalue weighted by molar-refractivity contribution is 8.26. The van der Waals surface area contributed by atoms with Gasteiger partial charge in [0.25, 0.3) is 5.91 Å². The maximum Gasteiger partial charge on any atom is 0.303 e. The monoisotopic (exact) mass is 460 g/mol. The SMILES string of the molecule is O=C(O)CCCN1C(=O)/C(=C\C(O)C(OS(=O)(=O)[O-])C(O)C(O)CO)SC1=S. The highest BCUT2D eigenvalue weighted by Gasteiger charge is 2.37. The summed E-state index contributed by atoms with van der Waals surface area (Å²) in [6, 6.07) is 0. The van der Waals surface area contributed by atoms with Crippen molar-refractivity contribution in [3.63, 3.8) is 0 Å². The summed E-state index contributed by atoms with van der Waals surface area (Å²) in [5, 5.41) is 46.8. The standard InChI is InChI=1S/C13H19NO11S3/c15-5-7(17)10(20)11(25-28(22,23)24)6(16)4-8-12(21)14(13(26)27-8)3-1-2-9(18)19/h4,6-7,10-11,15-17,20H,1-3,5H2,(H,18,19)(H,22,23,24)/p-1/b8-4+. The number of thioether (sulfide) groups is 1. The van der Waals surface area contributed by atoms with E-state index in [1.165, 1.54) is 0 Å². The van der Waals surface area contributed by atoms with Crippen molar-refractivity contribution in [1.82, 2.24) is 4.90 Å². The summed E-state index contributed by atoms with van der Waals surface area (Å²) in [4.78, 5) is 23.7. The lowest BCUT2D eigenvalue weighted by Crippen LogP contribution is -2.47. The Morgan fingerprint density at radius 3 is 2.46 bits per heavy atom. The number of thiocarbonyl (C=S) groups is 1. The molecule has 1 rings (SSSR count). The van der Waals surface area contributed by atoms with Gasteiger partial charge in [-0.3, -0.25) is 18.7 Å². The molecule has 0 aromatic carbocycles. The first-order valence-electron chi connectivity index (χ1n) is 7.63. The van der Waals surface area contributed by atoms with Crippen molar-refractivity contribution in [2.75, 3.05) is 13.2 Å². The van der Waals surface area contributed by atoms with E-state index in [4.69, 9.17) is 22.4 Å². The zero-order chi connectivity index (χ0) is 21.6. The molecule has 1 aliphatic heterocycles. The van der Waals surface area contributed by atoms with Crippen molar-refractivity contribution in [1.29, 1.82) is 0 Å². The van der Waals surface area contributed by atoms with Crippen LogP contribution in [-0.2, 0) is 24.2 Å². The van der Waals surface area contributed by atoms with E-state index in [0.717, 1.165) is 11.0 Å². The number of aliphatic hydroxyl groups excluding tert-OH is 4. The Labute approximate surface area is 169 Å². The molecule has 1 saturated heterocycles. The number of aliphatic hydroxyl groups is 4. The van der Waals surface area contributed by atoms with E-state index in [2.05, 4.69) is 4.18 Å². The van der Waals surface area contributed by atoms with Gasteiger partial charge in [-0.1, -0.05) is 24.0 Å². The predicted octanol–water partition coefficient (Wildman–Crippen LogP) is -2.48. The molecule has 0 bridgehead atoms. The Hall–Kier alpha value is -1.17. The number of rotatable bonds is 11.